The molecule has 5 heteroatoms. The summed E-state index contributed by atoms with van der Waals surface area (Å²) in [6.07, 6.45) is 1.27. The van der Waals surface area contributed by atoms with E-state index in [1.54, 1.807) is 0 Å². The SMILES string of the molecule is O=C(O)C1CCCCC1C(O)c1cc(F)ccc1F. The Morgan fingerprint density at radius 2 is 1.95 bits per heavy atom. The van der Waals surface area contributed by atoms with Gasteiger partial charge in [-0.05, 0) is 31.0 Å². The molecule has 2 rings (SSSR count). The average molecular weight is 270 g/mol. The summed E-state index contributed by atoms with van der Waals surface area (Å²) in [6, 6.07) is 2.86. The van der Waals surface area contributed by atoms with Gasteiger partial charge in [-0.2, -0.15) is 0 Å². The Morgan fingerprint density at radius 1 is 1.26 bits per heavy atom. The Hall–Kier alpha value is -1.49. The van der Waals surface area contributed by atoms with E-state index in [0.29, 0.717) is 12.8 Å². The van der Waals surface area contributed by atoms with Gasteiger partial charge in [-0.3, -0.25) is 4.79 Å². The molecule has 0 radical (unpaired) electrons. The molecule has 1 fully saturated rings. The van der Waals surface area contributed by atoms with Gasteiger partial charge in [-0.1, -0.05) is 12.8 Å². The lowest BCUT2D eigenvalue weighted by Crippen LogP contribution is -2.31. The second-order valence-corrected chi connectivity index (χ2v) is 5.00. The minimum atomic E-state index is -1.28. The molecule has 0 saturated heterocycles. The number of aliphatic carboxylic acids is 1. The van der Waals surface area contributed by atoms with Crippen LogP contribution in [0.4, 0.5) is 8.78 Å². The molecule has 0 amide bonds. The fourth-order valence-electron chi connectivity index (χ4n) is 2.82. The molecule has 0 heterocycles. The molecule has 0 bridgehead atoms. The van der Waals surface area contributed by atoms with Crippen molar-refractivity contribution in [2.45, 2.75) is 31.8 Å². The van der Waals surface area contributed by atoms with Gasteiger partial charge in [0, 0.05) is 11.5 Å². The molecule has 0 aliphatic heterocycles. The summed E-state index contributed by atoms with van der Waals surface area (Å²) in [5, 5.41) is 19.3. The number of hydrogen-bond donors (Lipinski definition) is 2. The molecule has 0 spiro atoms. The van der Waals surface area contributed by atoms with Crippen molar-refractivity contribution < 1.29 is 23.8 Å². The molecule has 3 nitrogen and oxygen atoms in total. The first-order chi connectivity index (χ1) is 9.00. The fraction of sp³-hybridized carbons (Fsp3) is 0.500. The molecular formula is C14H16F2O3. The van der Waals surface area contributed by atoms with Crippen LogP contribution in [0.3, 0.4) is 0 Å². The summed E-state index contributed by atoms with van der Waals surface area (Å²) in [4.78, 5) is 11.2. The van der Waals surface area contributed by atoms with Crippen molar-refractivity contribution in [2.24, 2.45) is 11.8 Å². The maximum absolute atomic E-state index is 13.6. The number of aliphatic hydroxyl groups is 1. The van der Waals surface area contributed by atoms with Crippen molar-refractivity contribution in [3.63, 3.8) is 0 Å². The largest absolute Gasteiger partial charge is 0.481 e. The number of carbonyl (C=O) groups is 1. The quantitative estimate of drug-likeness (QED) is 0.888. The van der Waals surface area contributed by atoms with E-state index in [0.717, 1.165) is 31.0 Å². The maximum atomic E-state index is 13.6. The Labute approximate surface area is 109 Å². The third-order valence-corrected chi connectivity index (χ3v) is 3.82. The van der Waals surface area contributed by atoms with E-state index in [4.69, 9.17) is 5.11 Å². The van der Waals surface area contributed by atoms with Crippen LogP contribution in [0.25, 0.3) is 0 Å². The first kappa shape index (κ1) is 13.9. The highest BCUT2D eigenvalue weighted by atomic mass is 19.1. The van der Waals surface area contributed by atoms with Crippen LogP contribution >= 0.6 is 0 Å². The molecule has 1 aliphatic rings. The van der Waals surface area contributed by atoms with Crippen molar-refractivity contribution in [2.75, 3.05) is 0 Å². The zero-order valence-corrected chi connectivity index (χ0v) is 10.4. The highest BCUT2D eigenvalue weighted by molar-refractivity contribution is 5.70. The summed E-state index contributed by atoms with van der Waals surface area (Å²) in [5.74, 6) is -3.60. The number of benzene rings is 1. The predicted octanol–water partition coefficient (Wildman–Crippen LogP) is 2.89. The van der Waals surface area contributed by atoms with Crippen LogP contribution in [0.1, 0.15) is 37.4 Å². The highest BCUT2D eigenvalue weighted by Crippen LogP contribution is 2.39. The number of rotatable bonds is 3. The van der Waals surface area contributed by atoms with Crippen molar-refractivity contribution in [3.05, 3.63) is 35.4 Å². The second kappa shape index (κ2) is 5.65. The number of halogens is 2. The van der Waals surface area contributed by atoms with Gasteiger partial charge in [0.25, 0.3) is 0 Å². The third-order valence-electron chi connectivity index (χ3n) is 3.82. The summed E-state index contributed by atoms with van der Waals surface area (Å²) >= 11 is 0. The molecule has 104 valence electrons. The van der Waals surface area contributed by atoms with Gasteiger partial charge in [0.15, 0.2) is 0 Å². The summed E-state index contributed by atoms with van der Waals surface area (Å²) < 4.78 is 26.8. The number of aliphatic hydroxyl groups excluding tert-OH is 1. The zero-order chi connectivity index (χ0) is 14.0. The Balaban J connectivity index is 2.28. The third kappa shape index (κ3) is 2.92. The lowest BCUT2D eigenvalue weighted by atomic mass is 9.74. The summed E-state index contributed by atoms with van der Waals surface area (Å²) in [5.41, 5.74) is -0.154. The first-order valence-electron chi connectivity index (χ1n) is 6.36. The maximum Gasteiger partial charge on any atom is 0.306 e. The van der Waals surface area contributed by atoms with Gasteiger partial charge in [0.05, 0.1) is 12.0 Å². The van der Waals surface area contributed by atoms with Crippen LogP contribution in [0.2, 0.25) is 0 Å². The molecule has 1 aliphatic carbocycles. The number of carboxylic acids is 1. The predicted molar refractivity (Wildman–Crippen MR) is 64.4 cm³/mol. The van der Waals surface area contributed by atoms with Crippen LogP contribution in [0.15, 0.2) is 18.2 Å². The highest BCUT2D eigenvalue weighted by Gasteiger charge is 2.37. The standard InChI is InChI=1S/C14H16F2O3/c15-8-5-6-12(16)11(7-8)13(17)9-3-1-2-4-10(9)14(18)19/h5-7,9-10,13,17H,1-4H2,(H,18,19). The van der Waals surface area contributed by atoms with Crippen LogP contribution < -0.4 is 0 Å². The van der Waals surface area contributed by atoms with Crippen LogP contribution in [-0.2, 0) is 4.79 Å². The normalized spacial score (nSPS) is 25.0. The molecule has 0 aromatic heterocycles. The summed E-state index contributed by atoms with van der Waals surface area (Å²) in [7, 11) is 0. The van der Waals surface area contributed by atoms with Crippen LogP contribution in [-0.4, -0.2) is 16.2 Å². The van der Waals surface area contributed by atoms with E-state index in [9.17, 15) is 18.7 Å². The number of hydrogen-bond acceptors (Lipinski definition) is 2. The zero-order valence-electron chi connectivity index (χ0n) is 10.4. The molecule has 1 aromatic carbocycles. The lowest BCUT2D eigenvalue weighted by molar-refractivity contribution is -0.147. The van der Waals surface area contributed by atoms with Crippen molar-refractivity contribution >= 4 is 5.97 Å². The smallest absolute Gasteiger partial charge is 0.306 e. The molecular weight excluding hydrogens is 254 g/mol. The topological polar surface area (TPSA) is 57.5 Å². The van der Waals surface area contributed by atoms with E-state index in [-0.39, 0.29) is 5.56 Å². The summed E-state index contributed by atoms with van der Waals surface area (Å²) in [6.45, 7) is 0. The van der Waals surface area contributed by atoms with Crippen LogP contribution in [0.5, 0.6) is 0 Å². The molecule has 2 N–H and O–H groups in total. The molecule has 3 atom stereocenters. The van der Waals surface area contributed by atoms with Gasteiger partial charge in [0.2, 0.25) is 0 Å². The monoisotopic (exact) mass is 270 g/mol. The first-order valence-corrected chi connectivity index (χ1v) is 6.36. The van der Waals surface area contributed by atoms with Gasteiger partial charge < -0.3 is 10.2 Å². The minimum absolute atomic E-state index is 0.154. The second-order valence-electron chi connectivity index (χ2n) is 5.00. The molecule has 19 heavy (non-hydrogen) atoms. The Bertz CT molecular complexity index is 476. The van der Waals surface area contributed by atoms with E-state index >= 15 is 0 Å². The number of carboxylic acid groups (broad SMARTS) is 1. The van der Waals surface area contributed by atoms with Gasteiger partial charge in [-0.25, -0.2) is 8.78 Å². The van der Waals surface area contributed by atoms with E-state index < -0.39 is 35.5 Å². The van der Waals surface area contributed by atoms with E-state index in [1.807, 2.05) is 0 Å². The van der Waals surface area contributed by atoms with Gasteiger partial charge in [-0.15, -0.1) is 0 Å². The molecule has 1 saturated carbocycles. The average Bonchev–Trinajstić information content (AvgIpc) is 2.40. The Morgan fingerprint density at radius 3 is 2.63 bits per heavy atom. The van der Waals surface area contributed by atoms with Gasteiger partial charge >= 0.3 is 5.97 Å². The van der Waals surface area contributed by atoms with E-state index in [1.165, 1.54) is 0 Å². The van der Waals surface area contributed by atoms with Crippen molar-refractivity contribution in [1.29, 1.82) is 0 Å². The molecule has 3 unspecified atom stereocenters. The van der Waals surface area contributed by atoms with E-state index in [2.05, 4.69) is 0 Å². The van der Waals surface area contributed by atoms with Crippen molar-refractivity contribution in [3.8, 4) is 0 Å². The van der Waals surface area contributed by atoms with Crippen LogP contribution in [0, 0.1) is 23.5 Å². The lowest BCUT2D eigenvalue weighted by Gasteiger charge is -2.32. The molecule has 1 aromatic rings. The van der Waals surface area contributed by atoms with Gasteiger partial charge in [0.1, 0.15) is 11.6 Å². The minimum Gasteiger partial charge on any atom is -0.481 e. The Kier molecular flexibility index (Phi) is 4.14. The van der Waals surface area contributed by atoms with Crippen molar-refractivity contribution in [1.82, 2.24) is 0 Å². The fourth-order valence-corrected chi connectivity index (χ4v) is 2.82.